The van der Waals surface area contributed by atoms with Crippen LogP contribution in [-0.2, 0) is 23.0 Å². The largest absolute Gasteiger partial charge is 0.469 e. The van der Waals surface area contributed by atoms with Crippen molar-refractivity contribution in [2.75, 3.05) is 20.2 Å². The van der Waals surface area contributed by atoms with E-state index in [1.165, 1.54) is 18.4 Å². The second kappa shape index (κ2) is 14.6. The minimum atomic E-state index is -0.125. The third-order valence-electron chi connectivity index (χ3n) is 4.68. The number of aliphatic imine (C=N–C) groups is 1. The van der Waals surface area contributed by atoms with Gasteiger partial charge in [-0.2, -0.15) is 5.10 Å². The lowest BCUT2D eigenvalue weighted by atomic mass is 10.1. The topological polar surface area (TPSA) is 80.5 Å². The number of halogens is 1. The van der Waals surface area contributed by atoms with Crippen LogP contribution >= 0.6 is 24.0 Å². The third-order valence-corrected chi connectivity index (χ3v) is 4.68. The maximum atomic E-state index is 11.1. The molecule has 1 heterocycles. The second-order valence-electron chi connectivity index (χ2n) is 7.02. The number of esters is 1. The molecule has 8 heteroatoms. The molecule has 0 aliphatic carbocycles. The van der Waals surface area contributed by atoms with E-state index in [9.17, 15) is 4.79 Å². The van der Waals surface area contributed by atoms with E-state index in [1.54, 1.807) is 0 Å². The second-order valence-corrected chi connectivity index (χ2v) is 7.02. The number of hydrogen-bond donors (Lipinski definition) is 2. The van der Waals surface area contributed by atoms with Crippen molar-refractivity contribution >= 4 is 35.9 Å². The molecule has 0 amide bonds. The van der Waals surface area contributed by atoms with Gasteiger partial charge in [0.05, 0.1) is 12.8 Å². The first kappa shape index (κ1) is 26.7. The van der Waals surface area contributed by atoms with E-state index in [4.69, 9.17) is 0 Å². The molecule has 162 valence electrons. The number of unbranched alkanes of at least 4 members (excludes halogenated alkanes) is 3. The Bertz CT molecular complexity index is 616. The fourth-order valence-corrected chi connectivity index (χ4v) is 3.05. The summed E-state index contributed by atoms with van der Waals surface area (Å²) in [6.07, 6.45) is 5.44. The number of carbonyl (C=O) groups excluding carboxylic acids is 1. The summed E-state index contributed by atoms with van der Waals surface area (Å²) in [5, 5.41) is 11.3. The monoisotopic (exact) mass is 507 g/mol. The first-order chi connectivity index (χ1) is 12.9. The summed E-state index contributed by atoms with van der Waals surface area (Å²) in [7, 11) is 3.42. The normalized spacial score (nSPS) is 12.3. The average Bonchev–Trinajstić information content (AvgIpc) is 2.86. The average molecular weight is 507 g/mol. The van der Waals surface area contributed by atoms with Crippen LogP contribution in [0.2, 0.25) is 0 Å². The lowest BCUT2D eigenvalue weighted by Gasteiger charge is -2.18. The van der Waals surface area contributed by atoms with Crippen molar-refractivity contribution in [3.05, 3.63) is 17.0 Å². The predicted molar refractivity (Wildman–Crippen MR) is 125 cm³/mol. The van der Waals surface area contributed by atoms with Crippen molar-refractivity contribution in [1.82, 2.24) is 20.4 Å². The Labute approximate surface area is 187 Å². The van der Waals surface area contributed by atoms with Crippen molar-refractivity contribution in [1.29, 1.82) is 0 Å². The Hall–Kier alpha value is -1.32. The van der Waals surface area contributed by atoms with Gasteiger partial charge in [0.25, 0.3) is 0 Å². The Morgan fingerprint density at radius 3 is 2.50 bits per heavy atom. The molecule has 0 saturated carbocycles. The molecular formula is C20H38IN5O2. The van der Waals surface area contributed by atoms with Gasteiger partial charge >= 0.3 is 5.97 Å². The molecule has 0 saturated heterocycles. The lowest BCUT2D eigenvalue weighted by Crippen LogP contribution is -2.43. The zero-order valence-corrected chi connectivity index (χ0v) is 20.6. The highest BCUT2D eigenvalue weighted by Crippen LogP contribution is 2.14. The highest BCUT2D eigenvalue weighted by atomic mass is 127. The molecule has 1 aromatic rings. The van der Waals surface area contributed by atoms with Crippen LogP contribution in [0.3, 0.4) is 0 Å². The summed E-state index contributed by atoms with van der Waals surface area (Å²) in [5.41, 5.74) is 3.62. The number of aryl methyl sites for hydroxylation is 2. The molecule has 7 nitrogen and oxygen atoms in total. The molecule has 2 N–H and O–H groups in total. The van der Waals surface area contributed by atoms with Crippen molar-refractivity contribution < 1.29 is 9.53 Å². The summed E-state index contributed by atoms with van der Waals surface area (Å²) >= 11 is 0. The quantitative estimate of drug-likeness (QED) is 0.158. The van der Waals surface area contributed by atoms with E-state index < -0.39 is 0 Å². The number of rotatable bonds is 11. The third kappa shape index (κ3) is 9.75. The van der Waals surface area contributed by atoms with Crippen LogP contribution in [0.5, 0.6) is 0 Å². The molecule has 0 aliphatic rings. The first-order valence-electron chi connectivity index (χ1n) is 9.99. The van der Waals surface area contributed by atoms with Gasteiger partial charge in [0.2, 0.25) is 0 Å². The van der Waals surface area contributed by atoms with Crippen LogP contribution in [0.25, 0.3) is 0 Å². The van der Waals surface area contributed by atoms with Crippen LogP contribution in [0.1, 0.15) is 62.9 Å². The SMILES string of the molecule is CCNC(=NCCCCCCC(=O)OC)NC(C)Cc1c(C)nn(C)c1C.I. The lowest BCUT2D eigenvalue weighted by molar-refractivity contribution is -0.140. The fourth-order valence-electron chi connectivity index (χ4n) is 3.05. The minimum Gasteiger partial charge on any atom is -0.469 e. The number of aromatic nitrogens is 2. The van der Waals surface area contributed by atoms with Gasteiger partial charge in [0, 0.05) is 38.3 Å². The molecule has 0 fully saturated rings. The van der Waals surface area contributed by atoms with E-state index in [0.29, 0.717) is 6.42 Å². The summed E-state index contributed by atoms with van der Waals surface area (Å²) in [4.78, 5) is 15.7. The maximum Gasteiger partial charge on any atom is 0.305 e. The molecule has 0 aliphatic heterocycles. The van der Waals surface area contributed by atoms with Crippen molar-refractivity contribution in [2.24, 2.45) is 12.0 Å². The number of carbonyl (C=O) groups is 1. The number of hydrogen-bond acceptors (Lipinski definition) is 4. The van der Waals surface area contributed by atoms with Gasteiger partial charge in [-0.3, -0.25) is 14.5 Å². The Balaban J connectivity index is 0.00000729. The van der Waals surface area contributed by atoms with Gasteiger partial charge in [-0.15, -0.1) is 24.0 Å². The Morgan fingerprint density at radius 2 is 1.93 bits per heavy atom. The molecule has 1 rings (SSSR count). The first-order valence-corrected chi connectivity index (χ1v) is 9.99. The molecule has 0 radical (unpaired) electrons. The number of nitrogens with one attached hydrogen (secondary N) is 2. The maximum absolute atomic E-state index is 11.1. The summed E-state index contributed by atoms with van der Waals surface area (Å²) in [5.74, 6) is 0.735. The molecule has 0 aromatic carbocycles. The molecular weight excluding hydrogens is 469 g/mol. The summed E-state index contributed by atoms with van der Waals surface area (Å²) < 4.78 is 6.59. The van der Waals surface area contributed by atoms with Crippen LogP contribution < -0.4 is 10.6 Å². The van der Waals surface area contributed by atoms with Crippen LogP contribution in [-0.4, -0.2) is 48.0 Å². The Morgan fingerprint density at radius 1 is 1.25 bits per heavy atom. The van der Waals surface area contributed by atoms with Gasteiger partial charge in [0.1, 0.15) is 0 Å². The van der Waals surface area contributed by atoms with Crippen molar-refractivity contribution in [3.63, 3.8) is 0 Å². The van der Waals surface area contributed by atoms with E-state index in [2.05, 4.69) is 53.2 Å². The van der Waals surface area contributed by atoms with Gasteiger partial charge in [-0.1, -0.05) is 12.8 Å². The van der Waals surface area contributed by atoms with Crippen LogP contribution in [0.4, 0.5) is 0 Å². The van der Waals surface area contributed by atoms with Gasteiger partial charge < -0.3 is 15.4 Å². The van der Waals surface area contributed by atoms with Crippen molar-refractivity contribution in [3.8, 4) is 0 Å². The van der Waals surface area contributed by atoms with E-state index in [0.717, 1.165) is 56.8 Å². The van der Waals surface area contributed by atoms with Gasteiger partial charge in [-0.25, -0.2) is 0 Å². The van der Waals surface area contributed by atoms with Crippen LogP contribution in [0.15, 0.2) is 4.99 Å². The number of nitrogens with zero attached hydrogens (tertiary/aromatic N) is 3. The van der Waals surface area contributed by atoms with Crippen molar-refractivity contribution in [2.45, 2.75) is 72.3 Å². The van der Waals surface area contributed by atoms with E-state index in [-0.39, 0.29) is 36.0 Å². The number of guanidine groups is 1. The van der Waals surface area contributed by atoms with E-state index in [1.807, 2.05) is 11.7 Å². The number of ether oxygens (including phenoxy) is 1. The van der Waals surface area contributed by atoms with Gasteiger partial charge in [0.15, 0.2) is 5.96 Å². The predicted octanol–water partition coefficient (Wildman–Crippen LogP) is 3.26. The molecule has 1 aromatic heterocycles. The highest BCUT2D eigenvalue weighted by Gasteiger charge is 2.13. The van der Waals surface area contributed by atoms with E-state index >= 15 is 0 Å². The molecule has 1 unspecified atom stereocenters. The highest BCUT2D eigenvalue weighted by molar-refractivity contribution is 14.0. The zero-order valence-electron chi connectivity index (χ0n) is 18.3. The minimum absolute atomic E-state index is 0. The standard InChI is InChI=1S/C20H37N5O2.HI/c1-7-21-20(22-13-11-9-8-10-12-19(26)27-6)23-15(2)14-18-16(3)24-25(5)17(18)4;/h15H,7-14H2,1-6H3,(H2,21,22,23);1H. The van der Waals surface area contributed by atoms with Gasteiger partial charge in [-0.05, 0) is 52.5 Å². The smallest absolute Gasteiger partial charge is 0.305 e. The molecule has 0 spiro atoms. The summed E-state index contributed by atoms with van der Waals surface area (Å²) in [6.45, 7) is 10.0. The zero-order chi connectivity index (χ0) is 20.2. The fraction of sp³-hybridized carbons (Fsp3) is 0.750. The molecule has 1 atom stereocenters. The summed E-state index contributed by atoms with van der Waals surface area (Å²) in [6, 6.07) is 0.268. The molecule has 28 heavy (non-hydrogen) atoms. The Kier molecular flexibility index (Phi) is 14.0. The number of methoxy groups -OCH3 is 1. The molecule has 0 bridgehead atoms. The van der Waals surface area contributed by atoms with Crippen LogP contribution in [0, 0.1) is 13.8 Å².